The molecule has 0 spiro atoms. The fourth-order valence-corrected chi connectivity index (χ4v) is 3.89. The zero-order chi connectivity index (χ0) is 22.9. The number of ether oxygens (including phenoxy) is 1. The molecule has 7 heteroatoms. The standard InChI is InChI=1S/C26H23N5O2/c1-17-8-7-13-31-16-23(27-25(17)31)20-11-4-5-12-21(20)28-26(32)24-15-22(29-30(24)2)18-9-6-10-19(14-18)33-3/h4-16H,1-3H3,(H,28,32). The van der Waals surface area contributed by atoms with Crippen molar-refractivity contribution in [1.82, 2.24) is 19.2 Å². The lowest BCUT2D eigenvalue weighted by Crippen LogP contribution is -2.16. The number of hydrogen-bond acceptors (Lipinski definition) is 4. The van der Waals surface area contributed by atoms with Crippen molar-refractivity contribution in [3.8, 4) is 28.3 Å². The Hall–Kier alpha value is -4.39. The topological polar surface area (TPSA) is 73.4 Å². The molecule has 1 amide bonds. The molecule has 5 aromatic rings. The molecule has 0 bridgehead atoms. The number of anilines is 1. The van der Waals surface area contributed by atoms with Crippen molar-refractivity contribution in [3.05, 3.63) is 90.4 Å². The van der Waals surface area contributed by atoms with Gasteiger partial charge in [-0.3, -0.25) is 9.48 Å². The molecule has 3 heterocycles. The maximum Gasteiger partial charge on any atom is 0.273 e. The number of aryl methyl sites for hydroxylation is 2. The minimum Gasteiger partial charge on any atom is -0.497 e. The van der Waals surface area contributed by atoms with Gasteiger partial charge in [0.15, 0.2) is 0 Å². The van der Waals surface area contributed by atoms with Crippen molar-refractivity contribution in [2.24, 2.45) is 7.05 Å². The van der Waals surface area contributed by atoms with Gasteiger partial charge < -0.3 is 14.5 Å². The number of hydrogen-bond donors (Lipinski definition) is 1. The van der Waals surface area contributed by atoms with Gasteiger partial charge in [-0.05, 0) is 42.8 Å². The monoisotopic (exact) mass is 437 g/mol. The molecule has 2 aromatic carbocycles. The Balaban J connectivity index is 1.46. The van der Waals surface area contributed by atoms with Gasteiger partial charge in [-0.15, -0.1) is 0 Å². The van der Waals surface area contributed by atoms with Crippen molar-refractivity contribution < 1.29 is 9.53 Å². The van der Waals surface area contributed by atoms with Crippen LogP contribution in [0.2, 0.25) is 0 Å². The van der Waals surface area contributed by atoms with E-state index in [2.05, 4.69) is 10.4 Å². The van der Waals surface area contributed by atoms with Crippen LogP contribution in [0.3, 0.4) is 0 Å². The van der Waals surface area contributed by atoms with E-state index >= 15 is 0 Å². The van der Waals surface area contributed by atoms with E-state index in [9.17, 15) is 4.79 Å². The highest BCUT2D eigenvalue weighted by Crippen LogP contribution is 2.29. The third-order valence-electron chi connectivity index (χ3n) is 5.61. The maximum absolute atomic E-state index is 13.2. The van der Waals surface area contributed by atoms with E-state index < -0.39 is 0 Å². The van der Waals surface area contributed by atoms with Gasteiger partial charge in [0.2, 0.25) is 0 Å². The molecular formula is C26H23N5O2. The molecule has 0 unspecified atom stereocenters. The molecule has 0 atom stereocenters. The number of aromatic nitrogens is 4. The van der Waals surface area contributed by atoms with Crippen LogP contribution in [0, 0.1) is 6.92 Å². The number of para-hydroxylation sites is 1. The molecule has 0 aliphatic rings. The Morgan fingerprint density at radius 1 is 1.00 bits per heavy atom. The second kappa shape index (κ2) is 8.27. The number of carbonyl (C=O) groups excluding carboxylic acids is 1. The molecule has 33 heavy (non-hydrogen) atoms. The summed E-state index contributed by atoms with van der Waals surface area (Å²) >= 11 is 0. The molecular weight excluding hydrogens is 414 g/mol. The molecule has 0 saturated heterocycles. The summed E-state index contributed by atoms with van der Waals surface area (Å²) in [6.45, 7) is 2.03. The summed E-state index contributed by atoms with van der Waals surface area (Å²) < 4.78 is 8.88. The van der Waals surface area contributed by atoms with Crippen LogP contribution in [0.5, 0.6) is 5.75 Å². The van der Waals surface area contributed by atoms with Gasteiger partial charge in [0.25, 0.3) is 5.91 Å². The molecule has 0 radical (unpaired) electrons. The number of nitrogens with zero attached hydrogens (tertiary/aromatic N) is 4. The van der Waals surface area contributed by atoms with Gasteiger partial charge in [-0.2, -0.15) is 5.10 Å². The Morgan fingerprint density at radius 2 is 1.85 bits per heavy atom. The number of pyridine rings is 1. The lowest BCUT2D eigenvalue weighted by Gasteiger charge is -2.09. The predicted molar refractivity (Wildman–Crippen MR) is 129 cm³/mol. The summed E-state index contributed by atoms with van der Waals surface area (Å²) in [5, 5.41) is 7.56. The van der Waals surface area contributed by atoms with E-state index in [1.165, 1.54) is 0 Å². The second-order valence-corrected chi connectivity index (χ2v) is 7.82. The molecule has 5 rings (SSSR count). The zero-order valence-electron chi connectivity index (χ0n) is 18.6. The number of rotatable bonds is 5. The van der Waals surface area contributed by atoms with Crippen molar-refractivity contribution in [3.63, 3.8) is 0 Å². The van der Waals surface area contributed by atoms with Crippen LogP contribution in [-0.2, 0) is 7.05 Å². The second-order valence-electron chi connectivity index (χ2n) is 7.82. The Bertz CT molecular complexity index is 1480. The van der Waals surface area contributed by atoms with Crippen LogP contribution in [0.25, 0.3) is 28.2 Å². The summed E-state index contributed by atoms with van der Waals surface area (Å²) in [5.74, 6) is 0.493. The summed E-state index contributed by atoms with van der Waals surface area (Å²) in [6.07, 6.45) is 3.94. The maximum atomic E-state index is 13.2. The Morgan fingerprint density at radius 3 is 2.67 bits per heavy atom. The molecule has 164 valence electrons. The van der Waals surface area contributed by atoms with E-state index in [0.29, 0.717) is 17.1 Å². The van der Waals surface area contributed by atoms with Crippen molar-refractivity contribution in [2.45, 2.75) is 6.92 Å². The van der Waals surface area contributed by atoms with Gasteiger partial charge in [-0.1, -0.05) is 36.4 Å². The van der Waals surface area contributed by atoms with Gasteiger partial charge >= 0.3 is 0 Å². The highest BCUT2D eigenvalue weighted by molar-refractivity contribution is 6.05. The van der Waals surface area contributed by atoms with Crippen LogP contribution < -0.4 is 10.1 Å². The number of amides is 1. The third kappa shape index (κ3) is 3.85. The quantitative estimate of drug-likeness (QED) is 0.421. The third-order valence-corrected chi connectivity index (χ3v) is 5.61. The van der Waals surface area contributed by atoms with E-state index in [1.807, 2.05) is 84.4 Å². The lowest BCUT2D eigenvalue weighted by atomic mass is 10.1. The SMILES string of the molecule is COc1cccc(-c2cc(C(=O)Nc3ccccc3-c3cn4cccc(C)c4n3)n(C)n2)c1. The van der Waals surface area contributed by atoms with Crippen LogP contribution in [0.4, 0.5) is 5.69 Å². The van der Waals surface area contributed by atoms with Gasteiger partial charge in [0.05, 0.1) is 24.2 Å². The van der Waals surface area contributed by atoms with Gasteiger partial charge in [0.1, 0.15) is 17.1 Å². The smallest absolute Gasteiger partial charge is 0.273 e. The first-order valence-electron chi connectivity index (χ1n) is 10.6. The number of methoxy groups -OCH3 is 1. The lowest BCUT2D eigenvalue weighted by molar-refractivity contribution is 0.101. The van der Waals surface area contributed by atoms with Gasteiger partial charge in [-0.25, -0.2) is 4.98 Å². The highest BCUT2D eigenvalue weighted by atomic mass is 16.5. The number of benzene rings is 2. The van der Waals surface area contributed by atoms with Gasteiger partial charge in [0, 0.05) is 30.6 Å². The molecule has 3 aromatic heterocycles. The molecule has 7 nitrogen and oxygen atoms in total. The van der Waals surface area contributed by atoms with Crippen molar-refractivity contribution in [2.75, 3.05) is 12.4 Å². The first kappa shape index (κ1) is 20.5. The molecule has 0 fully saturated rings. The molecule has 1 N–H and O–H groups in total. The van der Waals surface area contributed by atoms with Crippen LogP contribution >= 0.6 is 0 Å². The fourth-order valence-electron chi connectivity index (χ4n) is 3.89. The van der Waals surface area contributed by atoms with E-state index in [0.717, 1.165) is 33.8 Å². The number of imidazole rings is 1. The van der Waals surface area contributed by atoms with Crippen LogP contribution in [-0.4, -0.2) is 32.2 Å². The number of carbonyl (C=O) groups is 1. The summed E-state index contributed by atoms with van der Waals surface area (Å²) in [4.78, 5) is 18.0. The van der Waals surface area contributed by atoms with Crippen molar-refractivity contribution in [1.29, 1.82) is 0 Å². The minimum atomic E-state index is -0.244. The summed E-state index contributed by atoms with van der Waals surface area (Å²) in [7, 11) is 3.38. The average molecular weight is 438 g/mol. The van der Waals surface area contributed by atoms with E-state index in [4.69, 9.17) is 9.72 Å². The normalized spacial score (nSPS) is 11.0. The fraction of sp³-hybridized carbons (Fsp3) is 0.115. The molecule has 0 saturated carbocycles. The van der Waals surface area contributed by atoms with Crippen LogP contribution in [0.1, 0.15) is 16.1 Å². The zero-order valence-corrected chi connectivity index (χ0v) is 18.6. The van der Waals surface area contributed by atoms with Crippen LogP contribution in [0.15, 0.2) is 79.1 Å². The number of fused-ring (bicyclic) bond motifs is 1. The Labute approximate surface area is 191 Å². The first-order chi connectivity index (χ1) is 16.0. The Kier molecular flexibility index (Phi) is 5.14. The predicted octanol–water partition coefficient (Wildman–Crippen LogP) is 4.97. The summed E-state index contributed by atoms with van der Waals surface area (Å²) in [6, 6.07) is 21.1. The largest absolute Gasteiger partial charge is 0.497 e. The summed E-state index contributed by atoms with van der Waals surface area (Å²) in [5.41, 5.74) is 6.34. The molecule has 0 aliphatic heterocycles. The first-order valence-corrected chi connectivity index (χ1v) is 10.6. The highest BCUT2D eigenvalue weighted by Gasteiger charge is 2.17. The van der Waals surface area contributed by atoms with E-state index in [1.54, 1.807) is 24.9 Å². The molecule has 0 aliphatic carbocycles. The average Bonchev–Trinajstić information content (AvgIpc) is 3.44. The minimum absolute atomic E-state index is 0.244. The van der Waals surface area contributed by atoms with Crippen molar-refractivity contribution >= 4 is 17.2 Å². The van der Waals surface area contributed by atoms with E-state index in [-0.39, 0.29) is 5.91 Å². The number of nitrogens with one attached hydrogen (secondary N) is 1.